The van der Waals surface area contributed by atoms with Gasteiger partial charge in [-0.1, -0.05) is 18.2 Å². The smallest absolute Gasteiger partial charge is 0.354 e. The number of ether oxygens (including phenoxy) is 2. The number of carboxylic acids is 1. The first-order chi connectivity index (χ1) is 9.25. The second-order valence-electron chi connectivity index (χ2n) is 3.54. The molecule has 0 atom stereocenters. The molecule has 6 nitrogen and oxygen atoms in total. The topological polar surface area (TPSA) is 81.5 Å². The van der Waals surface area contributed by atoms with E-state index >= 15 is 0 Å². The van der Waals surface area contributed by atoms with E-state index < -0.39 is 5.97 Å². The maximum atomic E-state index is 10.7. The molecule has 0 saturated heterocycles. The first-order valence-corrected chi connectivity index (χ1v) is 5.63. The molecular formula is C13H12N2O4. The van der Waals surface area contributed by atoms with Crippen molar-refractivity contribution in [2.24, 2.45) is 0 Å². The molecule has 0 aliphatic carbocycles. The van der Waals surface area contributed by atoms with E-state index in [1.165, 1.54) is 12.3 Å². The van der Waals surface area contributed by atoms with E-state index in [0.29, 0.717) is 6.61 Å². The van der Waals surface area contributed by atoms with Crippen molar-refractivity contribution >= 4 is 5.97 Å². The highest BCUT2D eigenvalue weighted by atomic mass is 16.5. The normalized spacial score (nSPS) is 9.89. The molecular weight excluding hydrogens is 248 g/mol. The van der Waals surface area contributed by atoms with Gasteiger partial charge < -0.3 is 14.6 Å². The van der Waals surface area contributed by atoms with Gasteiger partial charge in [0.1, 0.15) is 19.0 Å². The third kappa shape index (κ3) is 3.95. The Bertz CT molecular complexity index is 545. The molecule has 2 rings (SSSR count). The highest BCUT2D eigenvalue weighted by Crippen LogP contribution is 2.08. The van der Waals surface area contributed by atoms with Crippen LogP contribution >= 0.6 is 0 Å². The molecule has 0 aliphatic rings. The van der Waals surface area contributed by atoms with Crippen LogP contribution in [0, 0.1) is 0 Å². The third-order valence-electron chi connectivity index (χ3n) is 2.18. The number of carboxylic acid groups (broad SMARTS) is 1. The third-order valence-corrected chi connectivity index (χ3v) is 2.18. The molecule has 2 aromatic rings. The summed E-state index contributed by atoms with van der Waals surface area (Å²) < 4.78 is 10.6. The summed E-state index contributed by atoms with van der Waals surface area (Å²) in [6.45, 7) is 0.558. The number of aromatic carboxylic acids is 1. The minimum absolute atomic E-state index is 0.0246. The molecule has 0 bridgehead atoms. The first kappa shape index (κ1) is 12.8. The molecule has 0 amide bonds. The van der Waals surface area contributed by atoms with E-state index in [1.54, 1.807) is 0 Å². The molecule has 98 valence electrons. The van der Waals surface area contributed by atoms with E-state index in [9.17, 15) is 4.79 Å². The lowest BCUT2D eigenvalue weighted by Gasteiger charge is -2.06. The molecule has 0 saturated carbocycles. The minimum Gasteiger partial charge on any atom is -0.490 e. The summed E-state index contributed by atoms with van der Waals surface area (Å²) in [5.41, 5.74) is -0.103. The Kier molecular flexibility index (Phi) is 4.28. The van der Waals surface area contributed by atoms with Gasteiger partial charge in [0.15, 0.2) is 5.69 Å². The fourth-order valence-corrected chi connectivity index (χ4v) is 1.34. The molecule has 1 aromatic heterocycles. The Morgan fingerprint density at radius 2 is 1.84 bits per heavy atom. The highest BCUT2D eigenvalue weighted by Gasteiger charge is 2.06. The van der Waals surface area contributed by atoms with Crippen molar-refractivity contribution in [2.75, 3.05) is 13.2 Å². The quantitative estimate of drug-likeness (QED) is 0.795. The van der Waals surface area contributed by atoms with Gasteiger partial charge in [-0.25, -0.2) is 9.78 Å². The van der Waals surface area contributed by atoms with Gasteiger partial charge in [0.2, 0.25) is 0 Å². The number of rotatable bonds is 6. The van der Waals surface area contributed by atoms with E-state index in [2.05, 4.69) is 9.97 Å². The Morgan fingerprint density at radius 3 is 2.58 bits per heavy atom. The largest absolute Gasteiger partial charge is 0.490 e. The number of aromatic nitrogens is 2. The van der Waals surface area contributed by atoms with Gasteiger partial charge in [-0.3, -0.25) is 0 Å². The second-order valence-corrected chi connectivity index (χ2v) is 3.54. The van der Waals surface area contributed by atoms with Crippen molar-refractivity contribution in [2.45, 2.75) is 0 Å². The zero-order valence-corrected chi connectivity index (χ0v) is 10.0. The van der Waals surface area contributed by atoms with Gasteiger partial charge in [0, 0.05) is 6.20 Å². The van der Waals surface area contributed by atoms with Crippen molar-refractivity contribution in [1.82, 2.24) is 9.97 Å². The Labute approximate surface area is 109 Å². The molecule has 19 heavy (non-hydrogen) atoms. The molecule has 0 fully saturated rings. The Hall–Kier alpha value is -2.63. The lowest BCUT2D eigenvalue weighted by Crippen LogP contribution is -2.11. The van der Waals surface area contributed by atoms with Crippen molar-refractivity contribution < 1.29 is 19.4 Å². The molecule has 0 unspecified atom stereocenters. The van der Waals surface area contributed by atoms with Crippen LogP contribution in [-0.4, -0.2) is 34.3 Å². The van der Waals surface area contributed by atoms with Crippen LogP contribution in [0.2, 0.25) is 0 Å². The van der Waals surface area contributed by atoms with Crippen molar-refractivity contribution in [3.8, 4) is 11.8 Å². The van der Waals surface area contributed by atoms with Crippen LogP contribution in [0.1, 0.15) is 10.5 Å². The first-order valence-electron chi connectivity index (χ1n) is 5.63. The van der Waals surface area contributed by atoms with Crippen LogP contribution in [0.5, 0.6) is 11.8 Å². The predicted molar refractivity (Wildman–Crippen MR) is 66.4 cm³/mol. The summed E-state index contributed by atoms with van der Waals surface area (Å²) in [5, 5.41) is 8.76. The van der Waals surface area contributed by atoms with Crippen LogP contribution in [0.3, 0.4) is 0 Å². The summed E-state index contributed by atoms with van der Waals surface area (Å²) in [6, 6.07) is 10.6. The SMILES string of the molecule is O=C(O)c1ccnc(OCCOc2ccccc2)n1. The van der Waals surface area contributed by atoms with Crippen LogP contribution in [0.4, 0.5) is 0 Å². The molecule has 6 heteroatoms. The molecule has 1 heterocycles. The number of nitrogens with zero attached hydrogens (tertiary/aromatic N) is 2. The molecule has 1 N–H and O–H groups in total. The number of carbonyl (C=O) groups is 1. The lowest BCUT2D eigenvalue weighted by atomic mass is 10.3. The standard InChI is InChI=1S/C13H12N2O4/c16-12(17)11-6-7-14-13(15-11)19-9-8-18-10-4-2-1-3-5-10/h1-7H,8-9H2,(H,16,17). The molecule has 0 aliphatic heterocycles. The van der Waals surface area contributed by atoms with E-state index in [-0.39, 0.29) is 18.3 Å². The number of hydrogen-bond donors (Lipinski definition) is 1. The fraction of sp³-hybridized carbons (Fsp3) is 0.154. The summed E-state index contributed by atoms with van der Waals surface area (Å²) in [6.07, 6.45) is 1.34. The maximum Gasteiger partial charge on any atom is 0.354 e. The number of benzene rings is 1. The van der Waals surface area contributed by atoms with Gasteiger partial charge in [-0.15, -0.1) is 0 Å². The van der Waals surface area contributed by atoms with Gasteiger partial charge in [-0.05, 0) is 18.2 Å². The van der Waals surface area contributed by atoms with Gasteiger partial charge >= 0.3 is 12.0 Å². The fourth-order valence-electron chi connectivity index (χ4n) is 1.34. The van der Waals surface area contributed by atoms with Gasteiger partial charge in [0.25, 0.3) is 0 Å². The maximum absolute atomic E-state index is 10.7. The van der Waals surface area contributed by atoms with Crippen molar-refractivity contribution in [3.63, 3.8) is 0 Å². The monoisotopic (exact) mass is 260 g/mol. The van der Waals surface area contributed by atoms with E-state index in [4.69, 9.17) is 14.6 Å². The molecule has 1 aromatic carbocycles. The van der Waals surface area contributed by atoms with E-state index in [0.717, 1.165) is 5.75 Å². The minimum atomic E-state index is -1.12. The average Bonchev–Trinajstić information content (AvgIpc) is 2.45. The lowest BCUT2D eigenvalue weighted by molar-refractivity contribution is 0.0688. The summed E-state index contributed by atoms with van der Waals surface area (Å²) in [5.74, 6) is -0.376. The zero-order valence-electron chi connectivity index (χ0n) is 10.0. The highest BCUT2D eigenvalue weighted by molar-refractivity contribution is 5.85. The average molecular weight is 260 g/mol. The number of hydrogen-bond acceptors (Lipinski definition) is 5. The van der Waals surface area contributed by atoms with Crippen LogP contribution < -0.4 is 9.47 Å². The van der Waals surface area contributed by atoms with Gasteiger partial charge in [0.05, 0.1) is 0 Å². The van der Waals surface area contributed by atoms with Crippen LogP contribution in [-0.2, 0) is 0 Å². The predicted octanol–water partition coefficient (Wildman–Crippen LogP) is 1.63. The van der Waals surface area contributed by atoms with Crippen LogP contribution in [0.15, 0.2) is 42.6 Å². The zero-order chi connectivity index (χ0) is 13.5. The molecule has 0 spiro atoms. The van der Waals surface area contributed by atoms with Crippen molar-refractivity contribution in [3.05, 3.63) is 48.3 Å². The molecule has 0 radical (unpaired) electrons. The Balaban J connectivity index is 1.80. The summed E-state index contributed by atoms with van der Waals surface area (Å²) in [7, 11) is 0. The van der Waals surface area contributed by atoms with Crippen molar-refractivity contribution in [1.29, 1.82) is 0 Å². The Morgan fingerprint density at radius 1 is 1.11 bits per heavy atom. The summed E-state index contributed by atoms with van der Waals surface area (Å²) in [4.78, 5) is 18.2. The summed E-state index contributed by atoms with van der Waals surface area (Å²) >= 11 is 0. The van der Waals surface area contributed by atoms with E-state index in [1.807, 2.05) is 30.3 Å². The van der Waals surface area contributed by atoms with Gasteiger partial charge in [-0.2, -0.15) is 4.98 Å². The second kappa shape index (κ2) is 6.34. The van der Waals surface area contributed by atoms with Crippen LogP contribution in [0.25, 0.3) is 0 Å². The number of para-hydroxylation sites is 1.